The van der Waals surface area contributed by atoms with Crippen LogP contribution in [0, 0.1) is 6.92 Å². The van der Waals surface area contributed by atoms with Crippen molar-refractivity contribution in [3.8, 4) is 0 Å². The average molecular weight is 372 g/mol. The van der Waals surface area contributed by atoms with Crippen LogP contribution in [-0.4, -0.2) is 48.4 Å². The third kappa shape index (κ3) is 4.82. The van der Waals surface area contributed by atoms with Crippen molar-refractivity contribution in [1.82, 2.24) is 10.2 Å². The SMILES string of the molecule is CCN(CCCNC(=O)[C@H]1CCC(=O)N1C1CCCC1)c1cccc(C)c1. The van der Waals surface area contributed by atoms with Gasteiger partial charge in [-0.05, 0) is 57.2 Å². The fraction of sp³-hybridized carbons (Fsp3) is 0.636. The molecule has 2 aliphatic rings. The van der Waals surface area contributed by atoms with E-state index in [0.717, 1.165) is 32.4 Å². The molecule has 3 rings (SSSR count). The molecule has 1 N–H and O–H groups in total. The number of aryl methyl sites for hydroxylation is 1. The summed E-state index contributed by atoms with van der Waals surface area (Å²) in [5.41, 5.74) is 2.50. The maximum atomic E-state index is 12.7. The summed E-state index contributed by atoms with van der Waals surface area (Å²) in [6, 6.07) is 8.57. The lowest BCUT2D eigenvalue weighted by atomic mass is 10.1. The van der Waals surface area contributed by atoms with Crippen LogP contribution in [0.3, 0.4) is 0 Å². The van der Waals surface area contributed by atoms with Crippen molar-refractivity contribution in [2.45, 2.75) is 70.9 Å². The van der Waals surface area contributed by atoms with Crippen molar-refractivity contribution in [3.05, 3.63) is 29.8 Å². The van der Waals surface area contributed by atoms with Crippen LogP contribution in [0.2, 0.25) is 0 Å². The van der Waals surface area contributed by atoms with Crippen molar-refractivity contribution < 1.29 is 9.59 Å². The molecule has 5 nitrogen and oxygen atoms in total. The van der Waals surface area contributed by atoms with Crippen molar-refractivity contribution in [2.24, 2.45) is 0 Å². The maximum absolute atomic E-state index is 12.7. The van der Waals surface area contributed by atoms with Gasteiger partial charge in [-0.15, -0.1) is 0 Å². The standard InChI is InChI=1S/C22H33N3O2/c1-3-24(19-11-6-8-17(2)16-19)15-7-14-23-22(27)20-12-13-21(26)25(20)18-9-4-5-10-18/h6,8,11,16,18,20H,3-5,7,9-10,12-15H2,1-2H3,(H,23,27)/t20-/m1/s1. The van der Waals surface area contributed by atoms with Gasteiger partial charge in [0.15, 0.2) is 0 Å². The molecule has 27 heavy (non-hydrogen) atoms. The molecule has 2 fully saturated rings. The predicted octanol–water partition coefficient (Wildman–Crippen LogP) is 3.26. The molecule has 1 aromatic carbocycles. The van der Waals surface area contributed by atoms with Gasteiger partial charge in [0.25, 0.3) is 0 Å². The highest BCUT2D eigenvalue weighted by Crippen LogP contribution is 2.30. The topological polar surface area (TPSA) is 52.7 Å². The van der Waals surface area contributed by atoms with Crippen LogP contribution < -0.4 is 10.2 Å². The first-order chi connectivity index (χ1) is 13.1. The van der Waals surface area contributed by atoms with Crippen LogP contribution in [0.15, 0.2) is 24.3 Å². The molecule has 0 aromatic heterocycles. The monoisotopic (exact) mass is 371 g/mol. The summed E-state index contributed by atoms with van der Waals surface area (Å²) in [7, 11) is 0. The molecular formula is C22H33N3O2. The van der Waals surface area contributed by atoms with Crippen LogP contribution in [-0.2, 0) is 9.59 Å². The number of hydrogen-bond donors (Lipinski definition) is 1. The minimum atomic E-state index is -0.250. The average Bonchev–Trinajstić information content (AvgIpc) is 3.30. The second-order valence-electron chi connectivity index (χ2n) is 7.86. The third-order valence-corrected chi connectivity index (χ3v) is 5.93. The van der Waals surface area contributed by atoms with Crippen molar-refractivity contribution in [2.75, 3.05) is 24.5 Å². The van der Waals surface area contributed by atoms with Gasteiger partial charge in [0.05, 0.1) is 0 Å². The molecule has 1 atom stereocenters. The Bertz CT molecular complexity index is 655. The summed E-state index contributed by atoms with van der Waals surface area (Å²) in [5.74, 6) is 0.199. The lowest BCUT2D eigenvalue weighted by Gasteiger charge is -2.30. The van der Waals surface area contributed by atoms with Gasteiger partial charge in [0, 0.05) is 37.8 Å². The lowest BCUT2D eigenvalue weighted by Crippen LogP contribution is -2.49. The predicted molar refractivity (Wildman–Crippen MR) is 109 cm³/mol. The Morgan fingerprint density at radius 1 is 1.26 bits per heavy atom. The first-order valence-electron chi connectivity index (χ1n) is 10.5. The molecule has 1 aliphatic heterocycles. The number of rotatable bonds is 8. The van der Waals surface area contributed by atoms with Gasteiger partial charge < -0.3 is 15.1 Å². The number of hydrogen-bond acceptors (Lipinski definition) is 3. The first-order valence-corrected chi connectivity index (χ1v) is 10.5. The van der Waals surface area contributed by atoms with Crippen molar-refractivity contribution in [3.63, 3.8) is 0 Å². The van der Waals surface area contributed by atoms with Gasteiger partial charge in [-0.2, -0.15) is 0 Å². The number of likely N-dealkylation sites (tertiary alicyclic amines) is 1. The summed E-state index contributed by atoms with van der Waals surface area (Å²) in [5, 5.41) is 3.08. The zero-order valence-electron chi connectivity index (χ0n) is 16.7. The van der Waals surface area contributed by atoms with E-state index in [2.05, 4.69) is 48.3 Å². The van der Waals surface area contributed by atoms with Crippen molar-refractivity contribution in [1.29, 1.82) is 0 Å². The Labute approximate surface area is 163 Å². The summed E-state index contributed by atoms with van der Waals surface area (Å²) in [6.45, 7) is 6.78. The van der Waals surface area contributed by atoms with Gasteiger partial charge in [-0.1, -0.05) is 25.0 Å². The summed E-state index contributed by atoms with van der Waals surface area (Å²) < 4.78 is 0. The Morgan fingerprint density at radius 2 is 2.04 bits per heavy atom. The number of benzene rings is 1. The highest BCUT2D eigenvalue weighted by molar-refractivity contribution is 5.91. The van der Waals surface area contributed by atoms with E-state index in [1.807, 2.05) is 4.90 Å². The van der Waals surface area contributed by atoms with E-state index in [9.17, 15) is 9.59 Å². The molecule has 0 radical (unpaired) electrons. The van der Waals surface area contributed by atoms with Crippen LogP contribution in [0.25, 0.3) is 0 Å². The Balaban J connectivity index is 1.46. The number of nitrogens with one attached hydrogen (secondary N) is 1. The Hall–Kier alpha value is -2.04. The number of anilines is 1. The number of amides is 2. The van der Waals surface area contributed by atoms with Gasteiger partial charge in [-0.3, -0.25) is 9.59 Å². The second kappa shape index (κ2) is 9.25. The molecule has 1 heterocycles. The van der Waals surface area contributed by atoms with Crippen LogP contribution in [0.1, 0.15) is 57.4 Å². The molecule has 1 aliphatic carbocycles. The highest BCUT2D eigenvalue weighted by atomic mass is 16.2. The Morgan fingerprint density at radius 3 is 2.74 bits per heavy atom. The second-order valence-corrected chi connectivity index (χ2v) is 7.86. The van der Waals surface area contributed by atoms with E-state index in [1.54, 1.807) is 0 Å². The van der Waals surface area contributed by atoms with Crippen LogP contribution in [0.5, 0.6) is 0 Å². The number of carbonyl (C=O) groups is 2. The van der Waals surface area contributed by atoms with Crippen LogP contribution in [0.4, 0.5) is 5.69 Å². The van der Waals surface area contributed by atoms with Gasteiger partial charge in [0.1, 0.15) is 6.04 Å². The quantitative estimate of drug-likeness (QED) is 0.714. The lowest BCUT2D eigenvalue weighted by molar-refractivity contribution is -0.137. The molecular weight excluding hydrogens is 338 g/mol. The smallest absolute Gasteiger partial charge is 0.242 e. The van der Waals surface area contributed by atoms with E-state index in [1.165, 1.54) is 24.1 Å². The van der Waals surface area contributed by atoms with E-state index < -0.39 is 0 Å². The molecule has 1 aromatic rings. The largest absolute Gasteiger partial charge is 0.372 e. The van der Waals surface area contributed by atoms with Crippen molar-refractivity contribution >= 4 is 17.5 Å². The number of carbonyl (C=O) groups excluding carboxylic acids is 2. The fourth-order valence-corrected chi connectivity index (χ4v) is 4.49. The molecule has 1 saturated heterocycles. The van der Waals surface area contributed by atoms with E-state index in [4.69, 9.17) is 0 Å². The molecule has 0 bridgehead atoms. The summed E-state index contributed by atoms with van der Waals surface area (Å²) in [4.78, 5) is 29.2. The fourth-order valence-electron chi connectivity index (χ4n) is 4.49. The molecule has 0 unspecified atom stereocenters. The maximum Gasteiger partial charge on any atom is 0.242 e. The van der Waals surface area contributed by atoms with E-state index in [-0.39, 0.29) is 23.9 Å². The summed E-state index contributed by atoms with van der Waals surface area (Å²) in [6.07, 6.45) is 6.55. The zero-order chi connectivity index (χ0) is 19.2. The molecule has 148 valence electrons. The van der Waals surface area contributed by atoms with Gasteiger partial charge in [-0.25, -0.2) is 0 Å². The minimum absolute atomic E-state index is 0.0337. The van der Waals surface area contributed by atoms with E-state index >= 15 is 0 Å². The van der Waals surface area contributed by atoms with Crippen LogP contribution >= 0.6 is 0 Å². The molecule has 5 heteroatoms. The van der Waals surface area contributed by atoms with Gasteiger partial charge in [0.2, 0.25) is 11.8 Å². The first kappa shape index (κ1) is 19.7. The minimum Gasteiger partial charge on any atom is -0.372 e. The number of nitrogens with zero attached hydrogens (tertiary/aromatic N) is 2. The zero-order valence-corrected chi connectivity index (χ0v) is 16.7. The molecule has 1 saturated carbocycles. The highest BCUT2D eigenvalue weighted by Gasteiger charge is 2.40. The normalized spacial score (nSPS) is 20.3. The molecule has 2 amide bonds. The van der Waals surface area contributed by atoms with Gasteiger partial charge >= 0.3 is 0 Å². The summed E-state index contributed by atoms with van der Waals surface area (Å²) >= 11 is 0. The van der Waals surface area contributed by atoms with E-state index in [0.29, 0.717) is 19.4 Å². The third-order valence-electron chi connectivity index (χ3n) is 5.93. The molecule has 0 spiro atoms. The Kier molecular flexibility index (Phi) is 6.75.